The summed E-state index contributed by atoms with van der Waals surface area (Å²) < 4.78 is 0. The fourth-order valence-corrected chi connectivity index (χ4v) is 2.49. The maximum absolute atomic E-state index is 10.4. The highest BCUT2D eigenvalue weighted by Crippen LogP contribution is 2.30. The predicted octanol–water partition coefficient (Wildman–Crippen LogP) is 3.44. The van der Waals surface area contributed by atoms with Crippen molar-refractivity contribution in [2.75, 3.05) is 14.1 Å². The summed E-state index contributed by atoms with van der Waals surface area (Å²) in [6.07, 6.45) is 0.566. The highest BCUT2D eigenvalue weighted by Gasteiger charge is 2.24. The Morgan fingerprint density at radius 3 is 2.21 bits per heavy atom. The average molecular weight is 263 g/mol. The molecular formula is C17H29NO. The van der Waals surface area contributed by atoms with Crippen LogP contribution in [0.25, 0.3) is 0 Å². The van der Waals surface area contributed by atoms with Gasteiger partial charge in [-0.1, -0.05) is 38.1 Å². The molecule has 0 saturated carbocycles. The summed E-state index contributed by atoms with van der Waals surface area (Å²) in [5, 5.41) is 10.4. The Kier molecular flexibility index (Phi) is 6.02. The van der Waals surface area contributed by atoms with Gasteiger partial charge in [-0.2, -0.15) is 0 Å². The zero-order valence-corrected chi connectivity index (χ0v) is 13.2. The molecule has 0 fully saturated rings. The molecule has 1 aromatic carbocycles. The van der Waals surface area contributed by atoms with E-state index in [4.69, 9.17) is 0 Å². The first kappa shape index (κ1) is 16.2. The van der Waals surface area contributed by atoms with Crippen LogP contribution in [0.4, 0.5) is 0 Å². The number of benzene rings is 1. The Hall–Kier alpha value is -0.860. The number of nitrogens with zero attached hydrogens (tertiary/aromatic N) is 1. The molecule has 0 spiro atoms. The molecular weight excluding hydrogens is 234 g/mol. The molecule has 0 radical (unpaired) electrons. The van der Waals surface area contributed by atoms with Gasteiger partial charge in [0.05, 0.1) is 6.10 Å². The minimum absolute atomic E-state index is 0.257. The van der Waals surface area contributed by atoms with E-state index in [1.807, 2.05) is 0 Å². The first-order valence-corrected chi connectivity index (χ1v) is 7.24. The molecule has 2 heteroatoms. The monoisotopic (exact) mass is 263 g/mol. The largest absolute Gasteiger partial charge is 0.393 e. The van der Waals surface area contributed by atoms with Gasteiger partial charge in [0.1, 0.15) is 0 Å². The summed E-state index contributed by atoms with van der Waals surface area (Å²) in [6.45, 7) is 8.68. The van der Waals surface area contributed by atoms with Gasteiger partial charge >= 0.3 is 0 Å². The van der Waals surface area contributed by atoms with Crippen LogP contribution in [0, 0.1) is 12.8 Å². The summed E-state index contributed by atoms with van der Waals surface area (Å²) in [7, 11) is 4.12. The lowest BCUT2D eigenvalue weighted by Gasteiger charge is -2.30. The van der Waals surface area contributed by atoms with E-state index in [-0.39, 0.29) is 12.0 Å². The summed E-state index contributed by atoms with van der Waals surface area (Å²) >= 11 is 0. The highest BCUT2D eigenvalue weighted by molar-refractivity contribution is 5.29. The highest BCUT2D eigenvalue weighted by atomic mass is 16.3. The zero-order valence-electron chi connectivity index (χ0n) is 13.2. The Morgan fingerprint density at radius 2 is 1.68 bits per heavy atom. The van der Waals surface area contributed by atoms with Gasteiger partial charge in [0, 0.05) is 6.04 Å². The van der Waals surface area contributed by atoms with E-state index in [2.05, 4.69) is 71.0 Å². The lowest BCUT2D eigenvalue weighted by Crippen LogP contribution is -2.33. The van der Waals surface area contributed by atoms with Crippen LogP contribution >= 0.6 is 0 Å². The molecule has 1 aromatic rings. The van der Waals surface area contributed by atoms with Crippen molar-refractivity contribution in [1.29, 1.82) is 0 Å². The maximum Gasteiger partial charge on any atom is 0.0586 e. The third-order valence-electron chi connectivity index (χ3n) is 4.54. The molecule has 4 atom stereocenters. The lowest BCUT2D eigenvalue weighted by atomic mass is 9.81. The fourth-order valence-electron chi connectivity index (χ4n) is 2.49. The molecule has 1 N–H and O–H groups in total. The van der Waals surface area contributed by atoms with Crippen LogP contribution in [-0.4, -0.2) is 36.2 Å². The SMILES string of the molecule is Cc1ccccc1[C@H](C)[C@H](C)[C@H](O)C[C@@H](C)N(C)C. The maximum atomic E-state index is 10.4. The van der Waals surface area contributed by atoms with Gasteiger partial charge in [-0.3, -0.25) is 0 Å². The third kappa shape index (κ3) is 4.32. The third-order valence-corrected chi connectivity index (χ3v) is 4.54. The van der Waals surface area contributed by atoms with Crippen molar-refractivity contribution in [1.82, 2.24) is 4.90 Å². The molecule has 0 aliphatic heterocycles. The number of hydrogen-bond donors (Lipinski definition) is 1. The fraction of sp³-hybridized carbons (Fsp3) is 0.647. The number of aliphatic hydroxyl groups is 1. The van der Waals surface area contributed by atoms with Gasteiger partial charge in [0.2, 0.25) is 0 Å². The molecule has 1 rings (SSSR count). The molecule has 0 aliphatic rings. The standard InChI is InChI=1S/C17H29NO/c1-12-9-7-8-10-16(12)14(3)15(4)17(19)11-13(2)18(5)6/h7-10,13-15,17,19H,11H2,1-6H3/t13-,14-,15+,17-/m1/s1. The van der Waals surface area contributed by atoms with Crippen LogP contribution in [0.5, 0.6) is 0 Å². The molecule has 0 amide bonds. The summed E-state index contributed by atoms with van der Waals surface area (Å²) in [5.41, 5.74) is 2.67. The normalized spacial score (nSPS) is 18.1. The van der Waals surface area contributed by atoms with E-state index in [9.17, 15) is 5.11 Å². The number of rotatable bonds is 6. The van der Waals surface area contributed by atoms with Gasteiger partial charge in [-0.25, -0.2) is 0 Å². The number of hydrogen-bond acceptors (Lipinski definition) is 2. The van der Waals surface area contributed by atoms with Crippen molar-refractivity contribution in [3.05, 3.63) is 35.4 Å². The molecule has 0 saturated heterocycles. The van der Waals surface area contributed by atoms with Crippen LogP contribution in [0.15, 0.2) is 24.3 Å². The summed E-state index contributed by atoms with van der Waals surface area (Å²) in [5.74, 6) is 0.647. The second-order valence-electron chi connectivity index (χ2n) is 6.12. The topological polar surface area (TPSA) is 23.5 Å². The predicted molar refractivity (Wildman–Crippen MR) is 82.5 cm³/mol. The van der Waals surface area contributed by atoms with E-state index in [0.717, 1.165) is 6.42 Å². The minimum Gasteiger partial charge on any atom is -0.393 e. The second kappa shape index (κ2) is 7.06. The number of aliphatic hydroxyl groups excluding tert-OH is 1. The number of aryl methyl sites for hydroxylation is 1. The van der Waals surface area contributed by atoms with Crippen molar-refractivity contribution >= 4 is 0 Å². The molecule has 0 bridgehead atoms. The van der Waals surface area contributed by atoms with Crippen molar-refractivity contribution in [2.45, 2.75) is 52.2 Å². The molecule has 19 heavy (non-hydrogen) atoms. The Morgan fingerprint density at radius 1 is 1.11 bits per heavy atom. The van der Waals surface area contributed by atoms with Gasteiger partial charge < -0.3 is 10.0 Å². The minimum atomic E-state index is -0.257. The van der Waals surface area contributed by atoms with Crippen LogP contribution in [0.1, 0.15) is 44.2 Å². The Labute approximate surface area is 118 Å². The van der Waals surface area contributed by atoms with Crippen LogP contribution in [-0.2, 0) is 0 Å². The van der Waals surface area contributed by atoms with Crippen molar-refractivity contribution in [3.8, 4) is 0 Å². The van der Waals surface area contributed by atoms with Crippen molar-refractivity contribution < 1.29 is 5.11 Å². The van der Waals surface area contributed by atoms with E-state index >= 15 is 0 Å². The first-order chi connectivity index (χ1) is 8.84. The van der Waals surface area contributed by atoms with Gasteiger partial charge in [-0.05, 0) is 57.3 Å². The van der Waals surface area contributed by atoms with Crippen LogP contribution in [0.3, 0.4) is 0 Å². The molecule has 0 aromatic heterocycles. The van der Waals surface area contributed by atoms with E-state index in [1.165, 1.54) is 11.1 Å². The van der Waals surface area contributed by atoms with Crippen LogP contribution in [0.2, 0.25) is 0 Å². The van der Waals surface area contributed by atoms with Crippen molar-refractivity contribution in [2.24, 2.45) is 5.92 Å². The van der Waals surface area contributed by atoms with Gasteiger partial charge in [-0.15, -0.1) is 0 Å². The molecule has 2 nitrogen and oxygen atoms in total. The Balaban J connectivity index is 2.71. The Bertz CT molecular complexity index is 389. The van der Waals surface area contributed by atoms with Gasteiger partial charge in [0.15, 0.2) is 0 Å². The van der Waals surface area contributed by atoms with Crippen molar-refractivity contribution in [3.63, 3.8) is 0 Å². The average Bonchev–Trinajstić information content (AvgIpc) is 2.37. The first-order valence-electron chi connectivity index (χ1n) is 7.24. The molecule has 0 unspecified atom stereocenters. The summed E-state index contributed by atoms with van der Waals surface area (Å²) in [6, 6.07) is 8.88. The molecule has 0 aliphatic carbocycles. The van der Waals surface area contributed by atoms with Gasteiger partial charge in [0.25, 0.3) is 0 Å². The zero-order chi connectivity index (χ0) is 14.6. The van der Waals surface area contributed by atoms with Crippen LogP contribution < -0.4 is 0 Å². The lowest BCUT2D eigenvalue weighted by molar-refractivity contribution is 0.0723. The smallest absolute Gasteiger partial charge is 0.0586 e. The quantitative estimate of drug-likeness (QED) is 0.850. The summed E-state index contributed by atoms with van der Waals surface area (Å²) in [4.78, 5) is 2.16. The second-order valence-corrected chi connectivity index (χ2v) is 6.12. The van der Waals surface area contributed by atoms with E-state index in [1.54, 1.807) is 0 Å². The van der Waals surface area contributed by atoms with E-state index < -0.39 is 0 Å². The molecule has 108 valence electrons. The molecule has 0 heterocycles. The van der Waals surface area contributed by atoms with E-state index in [0.29, 0.717) is 12.0 Å².